The molecule has 0 N–H and O–H groups in total. The maximum Gasteiger partial charge on any atom is 0.217 e. The van der Waals surface area contributed by atoms with Crippen molar-refractivity contribution in [3.05, 3.63) is 23.3 Å². The monoisotopic (exact) mass is 325 g/mol. The maximum absolute atomic E-state index is 12.7. The van der Waals surface area contributed by atoms with Gasteiger partial charge in [0.2, 0.25) is 10.0 Å². The first-order valence-electron chi connectivity index (χ1n) is 7.89. The van der Waals surface area contributed by atoms with Crippen LogP contribution in [0.4, 0.5) is 0 Å². The van der Waals surface area contributed by atoms with E-state index in [-0.39, 0.29) is 11.4 Å². The van der Waals surface area contributed by atoms with E-state index in [4.69, 9.17) is 4.74 Å². The first kappa shape index (κ1) is 15.8. The van der Waals surface area contributed by atoms with Crippen LogP contribution in [0.15, 0.2) is 6.07 Å². The predicted molar refractivity (Wildman–Crippen MR) is 82.9 cm³/mol. The summed E-state index contributed by atoms with van der Waals surface area (Å²) >= 11 is 0. The van der Waals surface area contributed by atoms with Crippen molar-refractivity contribution in [2.24, 2.45) is 0 Å². The smallest absolute Gasteiger partial charge is 0.217 e. The van der Waals surface area contributed by atoms with Gasteiger partial charge in [-0.2, -0.15) is 4.31 Å². The van der Waals surface area contributed by atoms with Crippen LogP contribution in [0.1, 0.15) is 49.0 Å². The van der Waals surface area contributed by atoms with Gasteiger partial charge in [0.15, 0.2) is 5.82 Å². The Morgan fingerprint density at radius 1 is 1.18 bits per heavy atom. The number of ether oxygens (including phenoxy) is 1. The van der Waals surface area contributed by atoms with E-state index in [2.05, 4.69) is 9.97 Å². The van der Waals surface area contributed by atoms with E-state index in [0.717, 1.165) is 37.1 Å². The molecule has 0 spiro atoms. The predicted octanol–water partition coefficient (Wildman–Crippen LogP) is 1.74. The summed E-state index contributed by atoms with van der Waals surface area (Å²) in [6.45, 7) is 4.97. The fourth-order valence-electron chi connectivity index (χ4n) is 3.31. The van der Waals surface area contributed by atoms with E-state index < -0.39 is 10.0 Å². The second kappa shape index (κ2) is 6.22. The van der Waals surface area contributed by atoms with Crippen LogP contribution in [0.5, 0.6) is 0 Å². The minimum absolute atomic E-state index is 0.216. The number of morpholine rings is 1. The highest BCUT2D eigenvalue weighted by molar-refractivity contribution is 7.89. The van der Waals surface area contributed by atoms with Gasteiger partial charge < -0.3 is 4.74 Å². The molecule has 0 radical (unpaired) electrons. The van der Waals surface area contributed by atoms with Gasteiger partial charge in [-0.25, -0.2) is 18.4 Å². The van der Waals surface area contributed by atoms with Crippen molar-refractivity contribution in [3.63, 3.8) is 0 Å². The van der Waals surface area contributed by atoms with Crippen LogP contribution < -0.4 is 0 Å². The lowest BCUT2D eigenvalue weighted by molar-refractivity contribution is -0.00795. The van der Waals surface area contributed by atoms with Gasteiger partial charge >= 0.3 is 0 Å². The molecule has 1 aromatic heterocycles. The third-order valence-electron chi connectivity index (χ3n) is 4.40. The zero-order chi connectivity index (χ0) is 15.7. The van der Waals surface area contributed by atoms with Crippen molar-refractivity contribution >= 4 is 10.0 Å². The second-order valence-electron chi connectivity index (χ2n) is 6.18. The molecule has 2 aliphatic rings. The van der Waals surface area contributed by atoms with Crippen LogP contribution in [0.2, 0.25) is 0 Å². The normalized spacial score (nSPS) is 24.7. The molecule has 1 aliphatic heterocycles. The van der Waals surface area contributed by atoms with Crippen molar-refractivity contribution in [1.29, 1.82) is 0 Å². The number of nitrogens with zero attached hydrogens (tertiary/aromatic N) is 3. The van der Waals surface area contributed by atoms with Gasteiger partial charge in [-0.15, -0.1) is 0 Å². The van der Waals surface area contributed by atoms with Crippen LogP contribution in [-0.2, 0) is 14.8 Å². The molecular weight excluding hydrogens is 302 g/mol. The molecule has 22 heavy (non-hydrogen) atoms. The number of sulfonamides is 1. The lowest BCUT2D eigenvalue weighted by Crippen LogP contribution is -2.46. The molecule has 122 valence electrons. The molecule has 1 aliphatic carbocycles. The molecule has 0 bridgehead atoms. The largest absolute Gasteiger partial charge is 0.367 e. The molecule has 0 amide bonds. The third kappa shape index (κ3) is 3.16. The van der Waals surface area contributed by atoms with E-state index >= 15 is 0 Å². The molecule has 1 aromatic rings. The second-order valence-corrected chi connectivity index (χ2v) is 8.39. The van der Waals surface area contributed by atoms with Gasteiger partial charge in [-0.05, 0) is 32.8 Å². The van der Waals surface area contributed by atoms with E-state index in [1.807, 2.05) is 19.9 Å². The Morgan fingerprint density at radius 3 is 2.45 bits per heavy atom. The van der Waals surface area contributed by atoms with Gasteiger partial charge in [0.25, 0.3) is 0 Å². The molecular formula is C15H23N3O3S. The molecule has 1 saturated heterocycles. The average molecular weight is 325 g/mol. The summed E-state index contributed by atoms with van der Waals surface area (Å²) in [4.78, 5) is 8.83. The molecule has 0 aromatic carbocycles. The molecule has 1 atom stereocenters. The maximum atomic E-state index is 12.7. The van der Waals surface area contributed by atoms with Crippen molar-refractivity contribution in [3.8, 4) is 0 Å². The molecule has 2 fully saturated rings. The lowest BCUT2D eigenvalue weighted by Gasteiger charge is -2.33. The van der Waals surface area contributed by atoms with Crippen LogP contribution in [0.25, 0.3) is 0 Å². The summed E-state index contributed by atoms with van der Waals surface area (Å²) < 4.78 is 32.8. The zero-order valence-electron chi connectivity index (χ0n) is 13.2. The van der Waals surface area contributed by atoms with Crippen molar-refractivity contribution < 1.29 is 13.2 Å². The highest BCUT2D eigenvalue weighted by atomic mass is 32.2. The summed E-state index contributed by atoms with van der Waals surface area (Å²) in [6, 6.07) is 1.90. The Balaban J connectivity index is 1.79. The first-order valence-corrected chi connectivity index (χ1v) is 9.40. The Kier molecular flexibility index (Phi) is 4.47. The standard InChI is InChI=1S/C15H23N3O3S/c1-11-9-12(2)17-15(16-11)14-10-18(7-8-21-14)22(19,20)13-5-3-4-6-13/h9,13-14H,3-8,10H2,1-2H3. The van der Waals surface area contributed by atoms with Crippen molar-refractivity contribution in [2.75, 3.05) is 19.7 Å². The fraction of sp³-hybridized carbons (Fsp3) is 0.733. The Labute approximate surface area is 132 Å². The summed E-state index contributed by atoms with van der Waals surface area (Å²) in [5.41, 5.74) is 1.75. The topological polar surface area (TPSA) is 72.4 Å². The number of aryl methyl sites for hydroxylation is 2. The molecule has 7 heteroatoms. The summed E-state index contributed by atoms with van der Waals surface area (Å²) in [5, 5.41) is -0.216. The molecule has 3 rings (SSSR count). The summed E-state index contributed by atoms with van der Waals surface area (Å²) in [7, 11) is -3.23. The van der Waals surface area contributed by atoms with Crippen molar-refractivity contribution in [1.82, 2.24) is 14.3 Å². The van der Waals surface area contributed by atoms with Crippen LogP contribution in [-0.4, -0.2) is 47.6 Å². The lowest BCUT2D eigenvalue weighted by atomic mass is 10.2. The number of aromatic nitrogens is 2. The Morgan fingerprint density at radius 2 is 1.82 bits per heavy atom. The van der Waals surface area contributed by atoms with E-state index in [0.29, 0.717) is 25.5 Å². The SMILES string of the molecule is Cc1cc(C)nc(C2CN(S(=O)(=O)C3CCCC3)CCO2)n1. The Bertz CT molecular complexity index is 621. The van der Waals surface area contributed by atoms with Gasteiger partial charge in [0.05, 0.1) is 11.9 Å². The third-order valence-corrected chi connectivity index (χ3v) is 6.77. The van der Waals surface area contributed by atoms with Gasteiger partial charge in [0.1, 0.15) is 6.10 Å². The first-order chi connectivity index (χ1) is 10.5. The van der Waals surface area contributed by atoms with E-state index in [9.17, 15) is 8.42 Å². The van der Waals surface area contributed by atoms with Gasteiger partial charge in [-0.3, -0.25) is 0 Å². The average Bonchev–Trinajstić information content (AvgIpc) is 3.01. The summed E-state index contributed by atoms with van der Waals surface area (Å²) in [5.74, 6) is 0.587. The Hall–Kier alpha value is -1.05. The van der Waals surface area contributed by atoms with E-state index in [1.54, 1.807) is 4.31 Å². The number of hydrogen-bond donors (Lipinski definition) is 0. The molecule has 6 nitrogen and oxygen atoms in total. The molecule has 1 saturated carbocycles. The number of rotatable bonds is 3. The van der Waals surface area contributed by atoms with Gasteiger partial charge in [0, 0.05) is 24.5 Å². The van der Waals surface area contributed by atoms with Crippen molar-refractivity contribution in [2.45, 2.75) is 50.9 Å². The zero-order valence-corrected chi connectivity index (χ0v) is 14.0. The minimum atomic E-state index is -3.23. The quantitative estimate of drug-likeness (QED) is 0.846. The van der Waals surface area contributed by atoms with E-state index in [1.165, 1.54) is 0 Å². The molecule has 2 heterocycles. The highest BCUT2D eigenvalue weighted by Gasteiger charge is 2.38. The fourth-order valence-corrected chi connectivity index (χ4v) is 5.33. The van der Waals surface area contributed by atoms with Crippen LogP contribution in [0.3, 0.4) is 0 Å². The van der Waals surface area contributed by atoms with Gasteiger partial charge in [-0.1, -0.05) is 12.8 Å². The highest BCUT2D eigenvalue weighted by Crippen LogP contribution is 2.30. The van der Waals surface area contributed by atoms with Crippen LogP contribution >= 0.6 is 0 Å². The molecule has 1 unspecified atom stereocenters. The summed E-state index contributed by atoms with van der Waals surface area (Å²) in [6.07, 6.45) is 3.22. The number of hydrogen-bond acceptors (Lipinski definition) is 5. The minimum Gasteiger partial charge on any atom is -0.367 e. The van der Waals surface area contributed by atoms with Crippen LogP contribution in [0, 0.1) is 13.8 Å².